The number of carbonyl (C=O) groups excluding carboxylic acids is 1. The number of hydrogen-bond acceptors (Lipinski definition) is 2. The molecule has 1 N–H and O–H groups in total. The molecule has 1 aliphatic heterocycles. The lowest BCUT2D eigenvalue weighted by atomic mass is 9.99. The third kappa shape index (κ3) is 3.78. The van der Waals surface area contributed by atoms with Gasteiger partial charge in [0, 0.05) is 30.7 Å². The zero-order valence-corrected chi connectivity index (χ0v) is 15.2. The molecule has 1 aromatic heterocycles. The summed E-state index contributed by atoms with van der Waals surface area (Å²) in [5, 5.41) is 2.86. The highest BCUT2D eigenvalue weighted by Gasteiger charge is 2.30. The number of halogens is 1. The van der Waals surface area contributed by atoms with Crippen molar-refractivity contribution in [3.8, 4) is 0 Å². The SMILES string of the molecule is Cc1ccc([C@H]2c3cccn3CCN2CC(=O)Nc2ccc(F)cc2)cc1. The van der Waals surface area contributed by atoms with Crippen molar-refractivity contribution < 1.29 is 9.18 Å². The summed E-state index contributed by atoms with van der Waals surface area (Å²) in [5.41, 5.74) is 4.19. The van der Waals surface area contributed by atoms with E-state index in [4.69, 9.17) is 0 Å². The summed E-state index contributed by atoms with van der Waals surface area (Å²) in [6, 6.07) is 18.5. The van der Waals surface area contributed by atoms with Crippen LogP contribution < -0.4 is 5.32 Å². The first-order chi connectivity index (χ1) is 13.1. The summed E-state index contributed by atoms with van der Waals surface area (Å²) in [6.07, 6.45) is 2.09. The number of rotatable bonds is 4. The molecule has 4 nitrogen and oxygen atoms in total. The van der Waals surface area contributed by atoms with Gasteiger partial charge < -0.3 is 9.88 Å². The van der Waals surface area contributed by atoms with Crippen LogP contribution in [0.5, 0.6) is 0 Å². The third-order valence-electron chi connectivity index (χ3n) is 5.01. The molecule has 1 amide bonds. The molecule has 0 spiro atoms. The maximum atomic E-state index is 13.1. The number of hydrogen-bond donors (Lipinski definition) is 1. The first kappa shape index (κ1) is 17.5. The van der Waals surface area contributed by atoms with Gasteiger partial charge in [0.1, 0.15) is 5.82 Å². The molecule has 3 aromatic rings. The Hall–Kier alpha value is -2.92. The standard InChI is InChI=1S/C22H22FN3O/c1-16-4-6-17(7-5-16)22-20-3-2-12-25(20)13-14-26(22)15-21(27)24-19-10-8-18(23)9-11-19/h2-12,22H,13-15H2,1H3,(H,24,27)/t22-/m0/s1. The number of nitrogens with zero attached hydrogens (tertiary/aromatic N) is 2. The smallest absolute Gasteiger partial charge is 0.238 e. The molecule has 1 atom stereocenters. The molecule has 1 aliphatic rings. The summed E-state index contributed by atoms with van der Waals surface area (Å²) in [5.74, 6) is -0.414. The highest BCUT2D eigenvalue weighted by molar-refractivity contribution is 5.92. The second-order valence-corrected chi connectivity index (χ2v) is 6.97. The molecule has 5 heteroatoms. The van der Waals surface area contributed by atoms with Crippen molar-refractivity contribution in [2.75, 3.05) is 18.4 Å². The van der Waals surface area contributed by atoms with Crippen LogP contribution in [0.2, 0.25) is 0 Å². The minimum atomic E-state index is -0.316. The minimum absolute atomic E-state index is 0.0355. The van der Waals surface area contributed by atoms with Crippen LogP contribution in [0.3, 0.4) is 0 Å². The van der Waals surface area contributed by atoms with Crippen LogP contribution in [0.1, 0.15) is 22.9 Å². The van der Waals surface area contributed by atoms with Gasteiger partial charge >= 0.3 is 0 Å². The number of fused-ring (bicyclic) bond motifs is 1. The van der Waals surface area contributed by atoms with Crippen molar-refractivity contribution in [2.45, 2.75) is 19.5 Å². The molecule has 27 heavy (non-hydrogen) atoms. The van der Waals surface area contributed by atoms with Crippen molar-refractivity contribution in [2.24, 2.45) is 0 Å². The van der Waals surface area contributed by atoms with Crippen LogP contribution in [-0.2, 0) is 11.3 Å². The van der Waals surface area contributed by atoms with Crippen LogP contribution in [0.15, 0.2) is 66.9 Å². The molecule has 138 valence electrons. The van der Waals surface area contributed by atoms with Gasteiger partial charge in [-0.2, -0.15) is 0 Å². The Labute approximate surface area is 158 Å². The summed E-state index contributed by atoms with van der Waals surface area (Å²) in [4.78, 5) is 14.8. The van der Waals surface area contributed by atoms with Crippen molar-refractivity contribution in [1.82, 2.24) is 9.47 Å². The normalized spacial score (nSPS) is 16.7. The molecule has 0 saturated heterocycles. The van der Waals surface area contributed by atoms with E-state index in [1.54, 1.807) is 12.1 Å². The Bertz CT molecular complexity index is 931. The first-order valence-electron chi connectivity index (χ1n) is 9.11. The highest BCUT2D eigenvalue weighted by atomic mass is 19.1. The van der Waals surface area contributed by atoms with E-state index in [2.05, 4.69) is 64.3 Å². The summed E-state index contributed by atoms with van der Waals surface area (Å²) < 4.78 is 15.3. The Morgan fingerprint density at radius 1 is 1.07 bits per heavy atom. The molecule has 4 rings (SSSR count). The van der Waals surface area contributed by atoms with Gasteiger partial charge in [0.25, 0.3) is 0 Å². The van der Waals surface area contributed by atoms with Crippen LogP contribution in [0.25, 0.3) is 0 Å². The number of aryl methyl sites for hydroxylation is 1. The lowest BCUT2D eigenvalue weighted by molar-refractivity contribution is -0.117. The predicted molar refractivity (Wildman–Crippen MR) is 104 cm³/mol. The average molecular weight is 363 g/mol. The first-order valence-corrected chi connectivity index (χ1v) is 9.11. The lowest BCUT2D eigenvalue weighted by Crippen LogP contribution is -2.42. The monoisotopic (exact) mass is 363 g/mol. The number of benzene rings is 2. The molecular formula is C22H22FN3O. The van der Waals surface area contributed by atoms with E-state index in [0.717, 1.165) is 13.1 Å². The second-order valence-electron chi connectivity index (χ2n) is 6.97. The van der Waals surface area contributed by atoms with Crippen LogP contribution in [-0.4, -0.2) is 28.5 Å². The molecule has 0 radical (unpaired) electrons. The van der Waals surface area contributed by atoms with Crippen molar-refractivity contribution in [3.63, 3.8) is 0 Å². The lowest BCUT2D eigenvalue weighted by Gasteiger charge is -2.37. The van der Waals surface area contributed by atoms with Gasteiger partial charge in [-0.25, -0.2) is 4.39 Å². The maximum Gasteiger partial charge on any atom is 0.238 e. The summed E-state index contributed by atoms with van der Waals surface area (Å²) in [6.45, 7) is 3.99. The van der Waals surface area contributed by atoms with E-state index >= 15 is 0 Å². The fourth-order valence-corrected chi connectivity index (χ4v) is 3.65. The largest absolute Gasteiger partial charge is 0.348 e. The van der Waals surface area contributed by atoms with E-state index < -0.39 is 0 Å². The van der Waals surface area contributed by atoms with Crippen LogP contribution >= 0.6 is 0 Å². The van der Waals surface area contributed by atoms with E-state index in [1.165, 1.54) is 29.0 Å². The Morgan fingerprint density at radius 2 is 1.81 bits per heavy atom. The zero-order valence-electron chi connectivity index (χ0n) is 15.2. The summed E-state index contributed by atoms with van der Waals surface area (Å²) >= 11 is 0. The number of carbonyl (C=O) groups is 1. The van der Waals surface area contributed by atoms with Gasteiger partial charge in [-0.1, -0.05) is 29.8 Å². The molecule has 0 saturated carbocycles. The van der Waals surface area contributed by atoms with Crippen molar-refractivity contribution in [1.29, 1.82) is 0 Å². The molecule has 0 unspecified atom stereocenters. The third-order valence-corrected chi connectivity index (χ3v) is 5.01. The van der Waals surface area contributed by atoms with Crippen LogP contribution in [0, 0.1) is 12.7 Å². The second kappa shape index (κ2) is 7.37. The van der Waals surface area contributed by atoms with Crippen molar-refractivity contribution in [3.05, 3.63) is 89.5 Å². The molecule has 0 bridgehead atoms. The number of amides is 1. The molecule has 2 aromatic carbocycles. The van der Waals surface area contributed by atoms with Gasteiger partial charge in [0.2, 0.25) is 5.91 Å². The van der Waals surface area contributed by atoms with Gasteiger partial charge in [0.05, 0.1) is 12.6 Å². The van der Waals surface area contributed by atoms with Gasteiger partial charge in [0.15, 0.2) is 0 Å². The van der Waals surface area contributed by atoms with Gasteiger partial charge in [-0.15, -0.1) is 0 Å². The van der Waals surface area contributed by atoms with Gasteiger partial charge in [-0.05, 0) is 48.9 Å². The number of anilines is 1. The van der Waals surface area contributed by atoms with E-state index in [9.17, 15) is 9.18 Å². The number of nitrogens with one attached hydrogen (secondary N) is 1. The van der Waals surface area contributed by atoms with Crippen LogP contribution in [0.4, 0.5) is 10.1 Å². The molecule has 2 heterocycles. The predicted octanol–water partition coefficient (Wildman–Crippen LogP) is 3.98. The Kier molecular flexibility index (Phi) is 4.77. The topological polar surface area (TPSA) is 37.3 Å². The van der Waals surface area contributed by atoms with Gasteiger partial charge in [-0.3, -0.25) is 9.69 Å². The van der Waals surface area contributed by atoms with E-state index in [1.807, 2.05) is 0 Å². The molecule has 0 fully saturated rings. The van der Waals surface area contributed by atoms with Crippen molar-refractivity contribution >= 4 is 11.6 Å². The quantitative estimate of drug-likeness (QED) is 0.761. The summed E-state index contributed by atoms with van der Waals surface area (Å²) in [7, 11) is 0. The Morgan fingerprint density at radius 3 is 2.56 bits per heavy atom. The zero-order chi connectivity index (χ0) is 18.8. The van der Waals surface area contributed by atoms with E-state index in [0.29, 0.717) is 5.69 Å². The average Bonchev–Trinajstić information content (AvgIpc) is 3.13. The molecular weight excluding hydrogens is 341 g/mol. The fourth-order valence-electron chi connectivity index (χ4n) is 3.65. The Balaban J connectivity index is 1.56. The van der Waals surface area contributed by atoms with E-state index in [-0.39, 0.29) is 24.3 Å². The maximum absolute atomic E-state index is 13.1. The number of aromatic nitrogens is 1. The fraction of sp³-hybridized carbons (Fsp3) is 0.227. The highest BCUT2D eigenvalue weighted by Crippen LogP contribution is 2.32. The minimum Gasteiger partial charge on any atom is -0.348 e. The molecule has 0 aliphatic carbocycles.